The van der Waals surface area contributed by atoms with Crippen LogP contribution in [0.5, 0.6) is 0 Å². The Bertz CT molecular complexity index is 444. The molecule has 0 bridgehead atoms. The summed E-state index contributed by atoms with van der Waals surface area (Å²) in [6.45, 7) is 11.2. The van der Waals surface area contributed by atoms with Gasteiger partial charge in [-0.1, -0.05) is 41.5 Å². The second-order valence-corrected chi connectivity index (χ2v) is 8.40. The van der Waals surface area contributed by atoms with Crippen molar-refractivity contribution in [2.75, 3.05) is 0 Å². The predicted octanol–water partition coefficient (Wildman–Crippen LogP) is 2.33. The second-order valence-electron chi connectivity index (χ2n) is 6.43. The summed E-state index contributed by atoms with van der Waals surface area (Å²) < 4.78 is 22.6. The fourth-order valence-corrected chi connectivity index (χ4v) is 4.81. The first-order valence-corrected chi connectivity index (χ1v) is 6.88. The molecule has 0 saturated heterocycles. The van der Waals surface area contributed by atoms with E-state index in [-0.39, 0.29) is 5.41 Å². The highest BCUT2D eigenvalue weighted by Gasteiger charge is 2.63. The van der Waals surface area contributed by atoms with Gasteiger partial charge in [0.15, 0.2) is 14.6 Å². The standard InChI is InChI=1S/C12H20O3S/c1-10(2,3)9-7-16(14,15)12(9,8-13)11(4,5)6/h7-8H,1-6H3. The number of aldehydes is 1. The number of rotatable bonds is 1. The Labute approximate surface area is 97.8 Å². The van der Waals surface area contributed by atoms with E-state index in [9.17, 15) is 13.2 Å². The van der Waals surface area contributed by atoms with Gasteiger partial charge in [-0.25, -0.2) is 8.42 Å². The van der Waals surface area contributed by atoms with Gasteiger partial charge in [-0.2, -0.15) is 0 Å². The summed E-state index contributed by atoms with van der Waals surface area (Å²) in [5.74, 6) is 0. The lowest BCUT2D eigenvalue weighted by Crippen LogP contribution is -2.60. The molecule has 0 spiro atoms. The zero-order valence-electron chi connectivity index (χ0n) is 10.8. The molecule has 0 fully saturated rings. The van der Waals surface area contributed by atoms with Gasteiger partial charge in [-0.3, -0.25) is 0 Å². The quantitative estimate of drug-likeness (QED) is 0.665. The van der Waals surface area contributed by atoms with Gasteiger partial charge in [0.1, 0.15) is 6.29 Å². The van der Waals surface area contributed by atoms with E-state index in [1.54, 1.807) is 20.8 Å². The van der Waals surface area contributed by atoms with Crippen molar-refractivity contribution in [3.63, 3.8) is 0 Å². The first-order chi connectivity index (χ1) is 6.90. The molecule has 0 saturated carbocycles. The molecule has 1 aliphatic heterocycles. The molecule has 1 atom stereocenters. The lowest BCUT2D eigenvalue weighted by atomic mass is 9.68. The highest BCUT2D eigenvalue weighted by Crippen LogP contribution is 2.54. The summed E-state index contributed by atoms with van der Waals surface area (Å²) >= 11 is 0. The van der Waals surface area contributed by atoms with Crippen LogP contribution < -0.4 is 0 Å². The van der Waals surface area contributed by atoms with Crippen molar-refractivity contribution < 1.29 is 13.2 Å². The van der Waals surface area contributed by atoms with Crippen LogP contribution in [0.25, 0.3) is 0 Å². The normalized spacial score (nSPS) is 29.2. The molecule has 1 unspecified atom stereocenters. The molecule has 1 aliphatic rings. The summed E-state index contributed by atoms with van der Waals surface area (Å²) in [5, 5.41) is 1.26. The van der Waals surface area contributed by atoms with Crippen LogP contribution in [0, 0.1) is 10.8 Å². The molecule has 0 N–H and O–H groups in total. The SMILES string of the molecule is CC(C)(C)C1=CS(=O)(=O)C1(C=O)C(C)(C)C. The predicted molar refractivity (Wildman–Crippen MR) is 64.7 cm³/mol. The number of hydrogen-bond donors (Lipinski definition) is 0. The van der Waals surface area contributed by atoms with E-state index in [4.69, 9.17) is 0 Å². The number of hydrogen-bond acceptors (Lipinski definition) is 3. The molecular weight excluding hydrogens is 224 g/mol. The summed E-state index contributed by atoms with van der Waals surface area (Å²) in [7, 11) is -3.45. The Morgan fingerprint density at radius 3 is 1.69 bits per heavy atom. The van der Waals surface area contributed by atoms with Crippen LogP contribution in [0.3, 0.4) is 0 Å². The van der Waals surface area contributed by atoms with Gasteiger partial charge >= 0.3 is 0 Å². The Morgan fingerprint density at radius 2 is 1.56 bits per heavy atom. The van der Waals surface area contributed by atoms with Gasteiger partial charge in [-0.15, -0.1) is 0 Å². The summed E-state index contributed by atoms with van der Waals surface area (Å²) in [6.07, 6.45) is 0.600. The fraction of sp³-hybridized carbons (Fsp3) is 0.750. The molecule has 4 heteroatoms. The fourth-order valence-electron chi connectivity index (χ4n) is 2.30. The minimum Gasteiger partial charge on any atom is -0.301 e. The average molecular weight is 244 g/mol. The zero-order valence-corrected chi connectivity index (χ0v) is 11.6. The van der Waals surface area contributed by atoms with Crippen molar-refractivity contribution in [2.24, 2.45) is 10.8 Å². The average Bonchev–Trinajstić information content (AvgIpc) is 1.97. The van der Waals surface area contributed by atoms with Gasteiger partial charge in [-0.05, 0) is 16.4 Å². The maximum absolute atomic E-state index is 12.0. The number of carbonyl (C=O) groups is 1. The lowest BCUT2D eigenvalue weighted by Gasteiger charge is -2.50. The lowest BCUT2D eigenvalue weighted by molar-refractivity contribution is -0.111. The molecule has 0 aliphatic carbocycles. The van der Waals surface area contributed by atoms with E-state index < -0.39 is 20.0 Å². The van der Waals surface area contributed by atoms with Crippen LogP contribution in [0.1, 0.15) is 41.5 Å². The summed E-state index contributed by atoms with van der Waals surface area (Å²) in [5.41, 5.74) is -0.215. The van der Waals surface area contributed by atoms with E-state index in [1.165, 1.54) is 5.41 Å². The van der Waals surface area contributed by atoms with Crippen molar-refractivity contribution in [3.05, 3.63) is 11.0 Å². The monoisotopic (exact) mass is 244 g/mol. The van der Waals surface area contributed by atoms with Gasteiger partial charge in [0, 0.05) is 5.41 Å². The van der Waals surface area contributed by atoms with Crippen LogP contribution in [0.15, 0.2) is 11.0 Å². The van der Waals surface area contributed by atoms with E-state index in [2.05, 4.69) is 0 Å². The molecule has 1 rings (SSSR count). The Hall–Kier alpha value is -0.640. The third-order valence-corrected chi connectivity index (χ3v) is 5.58. The minimum atomic E-state index is -3.45. The maximum atomic E-state index is 12.0. The van der Waals surface area contributed by atoms with Gasteiger partial charge < -0.3 is 4.79 Å². The van der Waals surface area contributed by atoms with Crippen molar-refractivity contribution in [1.82, 2.24) is 0 Å². The van der Waals surface area contributed by atoms with Crippen molar-refractivity contribution in [3.8, 4) is 0 Å². The van der Waals surface area contributed by atoms with E-state index >= 15 is 0 Å². The first-order valence-electron chi connectivity index (χ1n) is 5.34. The minimum absolute atomic E-state index is 0.306. The molecule has 0 aromatic carbocycles. The topological polar surface area (TPSA) is 51.2 Å². The molecule has 1 heterocycles. The van der Waals surface area contributed by atoms with Crippen LogP contribution in [-0.4, -0.2) is 19.5 Å². The summed E-state index contributed by atoms with van der Waals surface area (Å²) in [4.78, 5) is 11.4. The summed E-state index contributed by atoms with van der Waals surface area (Å²) in [6, 6.07) is 0. The Kier molecular flexibility index (Phi) is 2.67. The molecule has 0 amide bonds. The van der Waals surface area contributed by atoms with Crippen molar-refractivity contribution in [2.45, 2.75) is 46.3 Å². The molecular formula is C12H20O3S. The largest absolute Gasteiger partial charge is 0.301 e. The molecule has 16 heavy (non-hydrogen) atoms. The van der Waals surface area contributed by atoms with Crippen LogP contribution in [0.2, 0.25) is 0 Å². The van der Waals surface area contributed by atoms with Gasteiger partial charge in [0.25, 0.3) is 0 Å². The highest BCUT2D eigenvalue weighted by molar-refractivity contribution is 7.98. The first kappa shape index (κ1) is 13.4. The number of carbonyl (C=O) groups excluding carboxylic acids is 1. The van der Waals surface area contributed by atoms with Gasteiger partial charge in [0.2, 0.25) is 0 Å². The van der Waals surface area contributed by atoms with E-state index in [1.807, 2.05) is 20.8 Å². The van der Waals surface area contributed by atoms with Crippen LogP contribution >= 0.6 is 0 Å². The molecule has 92 valence electrons. The molecule has 0 aromatic heterocycles. The Balaban J connectivity index is 3.55. The van der Waals surface area contributed by atoms with Crippen molar-refractivity contribution in [1.29, 1.82) is 0 Å². The number of sulfone groups is 1. The smallest absolute Gasteiger partial charge is 0.188 e. The highest BCUT2D eigenvalue weighted by atomic mass is 32.2. The van der Waals surface area contributed by atoms with Gasteiger partial charge in [0.05, 0.1) is 0 Å². The molecule has 0 aromatic rings. The zero-order chi connectivity index (χ0) is 13.0. The third kappa shape index (κ3) is 1.46. The van der Waals surface area contributed by atoms with E-state index in [0.29, 0.717) is 11.9 Å². The Morgan fingerprint density at radius 1 is 1.12 bits per heavy atom. The van der Waals surface area contributed by atoms with Crippen molar-refractivity contribution >= 4 is 16.1 Å². The second kappa shape index (κ2) is 3.19. The maximum Gasteiger partial charge on any atom is 0.188 e. The van der Waals surface area contributed by atoms with E-state index in [0.717, 1.165) is 0 Å². The molecule has 3 nitrogen and oxygen atoms in total. The van der Waals surface area contributed by atoms with Crippen LogP contribution in [0.4, 0.5) is 0 Å². The molecule has 0 radical (unpaired) electrons. The third-order valence-electron chi connectivity index (χ3n) is 3.21. The van der Waals surface area contributed by atoms with Crippen LogP contribution in [-0.2, 0) is 14.6 Å².